The molecule has 0 saturated heterocycles. The van der Waals surface area contributed by atoms with Crippen molar-refractivity contribution in [2.75, 3.05) is 17.6 Å². The molecule has 0 bridgehead atoms. The van der Waals surface area contributed by atoms with Crippen molar-refractivity contribution >= 4 is 41.1 Å². The lowest BCUT2D eigenvalue weighted by Gasteiger charge is -2.28. The summed E-state index contributed by atoms with van der Waals surface area (Å²) in [6.07, 6.45) is 7.76. The summed E-state index contributed by atoms with van der Waals surface area (Å²) in [5.74, 6) is -2.14. The van der Waals surface area contributed by atoms with E-state index in [0.717, 1.165) is 44.1 Å². The summed E-state index contributed by atoms with van der Waals surface area (Å²) in [7, 11) is 2.00. The van der Waals surface area contributed by atoms with Crippen LogP contribution in [0.5, 0.6) is 0 Å². The Morgan fingerprint density at radius 1 is 1.02 bits per heavy atom. The molecular weight excluding hydrogens is 540 g/mol. The number of benzene rings is 1. The third-order valence-corrected chi connectivity index (χ3v) is 8.59. The van der Waals surface area contributed by atoms with E-state index in [1.54, 1.807) is 23.9 Å². The Morgan fingerprint density at radius 2 is 1.73 bits per heavy atom. The van der Waals surface area contributed by atoms with Crippen LogP contribution in [-0.2, 0) is 32.6 Å². The van der Waals surface area contributed by atoms with E-state index in [2.05, 4.69) is 53.6 Å². The van der Waals surface area contributed by atoms with E-state index in [9.17, 15) is 19.2 Å². The molecule has 226 valence electrons. The van der Waals surface area contributed by atoms with Gasteiger partial charge in [-0.15, -0.1) is 11.8 Å². The number of unbranched alkanes of at least 4 members (excludes halogenated alkanes) is 1. The molecule has 9 nitrogen and oxygen atoms in total. The highest BCUT2D eigenvalue weighted by molar-refractivity contribution is 8.01. The van der Waals surface area contributed by atoms with E-state index >= 15 is 0 Å². The van der Waals surface area contributed by atoms with Gasteiger partial charge in [0, 0.05) is 35.8 Å². The fourth-order valence-corrected chi connectivity index (χ4v) is 5.84. The number of carboxylic acids is 1. The molecule has 3 amide bonds. The Morgan fingerprint density at radius 3 is 2.32 bits per heavy atom. The minimum Gasteiger partial charge on any atom is -0.481 e. The summed E-state index contributed by atoms with van der Waals surface area (Å²) in [6.45, 7) is 8.22. The van der Waals surface area contributed by atoms with Crippen LogP contribution >= 0.6 is 11.8 Å². The van der Waals surface area contributed by atoms with Gasteiger partial charge in [-0.1, -0.05) is 52.2 Å². The van der Waals surface area contributed by atoms with Crippen LogP contribution in [0.4, 0.5) is 5.69 Å². The summed E-state index contributed by atoms with van der Waals surface area (Å²) in [6, 6.07) is 8.48. The molecule has 1 heterocycles. The topological polar surface area (TPSA) is 130 Å². The van der Waals surface area contributed by atoms with Gasteiger partial charge in [-0.25, -0.2) is 0 Å². The van der Waals surface area contributed by atoms with E-state index in [-0.39, 0.29) is 35.8 Å². The fourth-order valence-electron chi connectivity index (χ4n) is 4.63. The zero-order valence-corrected chi connectivity index (χ0v) is 25.9. The molecule has 0 aliphatic carbocycles. The second-order valence-electron chi connectivity index (χ2n) is 10.9. The van der Waals surface area contributed by atoms with Gasteiger partial charge in [0.05, 0.1) is 12.3 Å². The summed E-state index contributed by atoms with van der Waals surface area (Å²) in [5, 5.41) is 17.1. The van der Waals surface area contributed by atoms with E-state index in [4.69, 9.17) is 5.11 Å². The molecule has 0 aliphatic rings. The number of nitrogens with one attached hydrogen (secondary N) is 3. The van der Waals surface area contributed by atoms with Crippen molar-refractivity contribution in [3.8, 4) is 0 Å². The second kappa shape index (κ2) is 16.9. The Labute approximate surface area is 248 Å². The number of aryl methyl sites for hydroxylation is 2. The summed E-state index contributed by atoms with van der Waals surface area (Å²) < 4.78 is 2.08. The Hall–Kier alpha value is -3.27. The maximum Gasteiger partial charge on any atom is 0.303 e. The SMILES string of the molecule is CCCCC(C)(CCC)SCC(=O)NCC(=O)N[C@@H](CCC(=O)O)C(=O)Nc1ccc(Cc2cc(C)n(C)c2)cc1. The van der Waals surface area contributed by atoms with Crippen LogP contribution in [0.1, 0.15) is 82.5 Å². The molecule has 2 rings (SSSR count). The minimum absolute atomic E-state index is 0.0170. The number of amides is 3. The highest BCUT2D eigenvalue weighted by atomic mass is 32.2. The first-order valence-corrected chi connectivity index (χ1v) is 15.4. The molecule has 2 atom stereocenters. The maximum atomic E-state index is 13.0. The third kappa shape index (κ3) is 12.4. The third-order valence-electron chi connectivity index (χ3n) is 7.07. The highest BCUT2D eigenvalue weighted by Gasteiger charge is 2.25. The number of aromatic nitrogens is 1. The highest BCUT2D eigenvalue weighted by Crippen LogP contribution is 2.34. The van der Waals surface area contributed by atoms with Crippen LogP contribution < -0.4 is 16.0 Å². The average molecular weight is 587 g/mol. The van der Waals surface area contributed by atoms with Crippen LogP contribution in [-0.4, -0.2) is 56.5 Å². The number of carbonyl (C=O) groups excluding carboxylic acids is 3. The van der Waals surface area contributed by atoms with Gasteiger partial charge in [0.15, 0.2) is 0 Å². The number of thioether (sulfide) groups is 1. The number of nitrogens with zero attached hydrogens (tertiary/aromatic N) is 1. The van der Waals surface area contributed by atoms with Crippen LogP contribution in [0.25, 0.3) is 0 Å². The van der Waals surface area contributed by atoms with Crippen molar-refractivity contribution in [2.45, 2.75) is 89.9 Å². The molecule has 0 radical (unpaired) electrons. The van der Waals surface area contributed by atoms with Crippen molar-refractivity contribution in [2.24, 2.45) is 7.05 Å². The number of carbonyl (C=O) groups is 4. The first kappa shape index (κ1) is 33.9. The standard InChI is InChI=1S/C31H46N4O5S/c1-6-8-16-31(4,15-7-2)41-21-28(37)32-19-27(36)34-26(13-14-29(38)39)30(40)33-25-11-9-23(10-12-25)18-24-17-22(3)35(5)20-24/h9-12,17,20,26H,6-8,13-16,18-19,21H2,1-5H3,(H,32,37)(H,33,40)(H,34,36)(H,38,39)/t26-,31?/m0/s1. The average Bonchev–Trinajstić information content (AvgIpc) is 3.24. The van der Waals surface area contributed by atoms with Gasteiger partial charge in [-0.2, -0.15) is 0 Å². The van der Waals surface area contributed by atoms with Crippen molar-refractivity contribution in [1.29, 1.82) is 0 Å². The lowest BCUT2D eigenvalue weighted by atomic mass is 9.98. The van der Waals surface area contributed by atoms with Crippen molar-refractivity contribution in [3.63, 3.8) is 0 Å². The monoisotopic (exact) mass is 586 g/mol. The Bertz CT molecular complexity index is 1140. The molecule has 0 aliphatic heterocycles. The molecule has 10 heteroatoms. The molecule has 41 heavy (non-hydrogen) atoms. The zero-order chi connectivity index (χ0) is 30.4. The van der Waals surface area contributed by atoms with Gasteiger partial charge in [0.25, 0.3) is 0 Å². The predicted molar refractivity (Wildman–Crippen MR) is 165 cm³/mol. The zero-order valence-electron chi connectivity index (χ0n) is 25.0. The molecule has 2 aromatic rings. The van der Waals surface area contributed by atoms with Gasteiger partial charge in [0.1, 0.15) is 6.04 Å². The number of hydrogen-bond acceptors (Lipinski definition) is 5. The van der Waals surface area contributed by atoms with Gasteiger partial charge in [-0.3, -0.25) is 19.2 Å². The van der Waals surface area contributed by atoms with Gasteiger partial charge in [0.2, 0.25) is 17.7 Å². The molecule has 0 saturated carbocycles. The lowest BCUT2D eigenvalue weighted by molar-refractivity contribution is -0.137. The largest absolute Gasteiger partial charge is 0.481 e. The summed E-state index contributed by atoms with van der Waals surface area (Å²) in [5.41, 5.74) is 3.99. The number of rotatable bonds is 18. The predicted octanol–water partition coefficient (Wildman–Crippen LogP) is 4.81. The Kier molecular flexibility index (Phi) is 14.0. The smallest absolute Gasteiger partial charge is 0.303 e. The normalized spacial score (nSPS) is 13.2. The van der Waals surface area contributed by atoms with E-state index < -0.39 is 23.8 Å². The van der Waals surface area contributed by atoms with Gasteiger partial charge < -0.3 is 25.6 Å². The van der Waals surface area contributed by atoms with Crippen molar-refractivity contribution in [1.82, 2.24) is 15.2 Å². The molecule has 1 aromatic heterocycles. The van der Waals surface area contributed by atoms with Gasteiger partial charge >= 0.3 is 5.97 Å². The Balaban J connectivity index is 1.90. The van der Waals surface area contributed by atoms with Crippen LogP contribution in [0.2, 0.25) is 0 Å². The second-order valence-corrected chi connectivity index (χ2v) is 12.4. The summed E-state index contributed by atoms with van der Waals surface area (Å²) in [4.78, 5) is 49.1. The summed E-state index contributed by atoms with van der Waals surface area (Å²) >= 11 is 1.61. The van der Waals surface area contributed by atoms with E-state index in [1.807, 2.05) is 26.1 Å². The number of anilines is 1. The quantitative estimate of drug-likeness (QED) is 0.198. The van der Waals surface area contributed by atoms with Crippen LogP contribution in [0.3, 0.4) is 0 Å². The molecule has 0 spiro atoms. The molecule has 0 fully saturated rings. The maximum absolute atomic E-state index is 13.0. The molecular formula is C31H46N4O5S. The van der Waals surface area contributed by atoms with E-state index in [1.165, 1.54) is 11.3 Å². The minimum atomic E-state index is -1.07. The van der Waals surface area contributed by atoms with Crippen LogP contribution in [0, 0.1) is 6.92 Å². The molecule has 1 unspecified atom stereocenters. The fraction of sp³-hybridized carbons (Fsp3) is 0.548. The first-order valence-electron chi connectivity index (χ1n) is 14.4. The number of carboxylic acid groups (broad SMARTS) is 1. The van der Waals surface area contributed by atoms with Crippen molar-refractivity contribution in [3.05, 3.63) is 53.3 Å². The first-order chi connectivity index (χ1) is 19.4. The van der Waals surface area contributed by atoms with Gasteiger partial charge in [-0.05, 0) is 61.9 Å². The van der Waals surface area contributed by atoms with E-state index in [0.29, 0.717) is 5.69 Å². The van der Waals surface area contributed by atoms with Crippen LogP contribution in [0.15, 0.2) is 36.5 Å². The number of hydrogen-bond donors (Lipinski definition) is 4. The lowest BCUT2D eigenvalue weighted by Crippen LogP contribution is -2.48. The molecule has 4 N–H and O–H groups in total. The van der Waals surface area contributed by atoms with Crippen molar-refractivity contribution < 1.29 is 24.3 Å². The molecule has 1 aromatic carbocycles. The number of aliphatic carboxylic acids is 1.